The molecule has 1 aliphatic rings. The number of carbonyl (C=O) groups excluding carboxylic acids is 1. The van der Waals surface area contributed by atoms with Crippen molar-refractivity contribution in [3.05, 3.63) is 52.4 Å². The van der Waals surface area contributed by atoms with Gasteiger partial charge in [-0.15, -0.1) is 11.3 Å². The number of carbonyl (C=O) groups is 1. The molecule has 4 rings (SSSR count). The number of hydrogen-bond donors (Lipinski definition) is 0. The third-order valence-electron chi connectivity index (χ3n) is 5.43. The van der Waals surface area contributed by atoms with Gasteiger partial charge in [-0.3, -0.25) is 9.69 Å². The van der Waals surface area contributed by atoms with Crippen molar-refractivity contribution >= 4 is 34.0 Å². The van der Waals surface area contributed by atoms with Crippen molar-refractivity contribution in [2.75, 3.05) is 39.4 Å². The summed E-state index contributed by atoms with van der Waals surface area (Å²) in [6.45, 7) is 1.10. The minimum Gasteiger partial charge on any atom is -0.493 e. The maximum absolute atomic E-state index is 13.7. The lowest BCUT2D eigenvalue weighted by molar-refractivity contribution is 0.0916. The van der Waals surface area contributed by atoms with Crippen LogP contribution in [0.5, 0.6) is 17.2 Å². The van der Waals surface area contributed by atoms with Gasteiger partial charge in [0.25, 0.3) is 5.91 Å². The number of ether oxygens (including phenoxy) is 4. The molecular weight excluding hydrogens is 464 g/mol. The van der Waals surface area contributed by atoms with Crippen LogP contribution in [0, 0.1) is 0 Å². The molecule has 0 saturated carbocycles. The van der Waals surface area contributed by atoms with Gasteiger partial charge in [0.2, 0.25) is 5.75 Å². The lowest BCUT2D eigenvalue weighted by Gasteiger charge is -2.24. The van der Waals surface area contributed by atoms with Gasteiger partial charge in [0.1, 0.15) is 0 Å². The topological polar surface area (TPSA) is 70.1 Å². The highest BCUT2D eigenvalue weighted by Crippen LogP contribution is 2.39. The van der Waals surface area contributed by atoms with Crippen LogP contribution in [0.15, 0.2) is 41.8 Å². The number of hydrogen-bond acceptors (Lipinski definition) is 7. The molecule has 2 heterocycles. The standard InChI is InChI=1S/C24H25ClN2O5S/c1-29-20-11-16(12-21(30-2)22(20)31-3)23(28)27(13-18-5-4-10-32-18)24-26-19(14-33-24)15-6-8-17(25)9-7-15/h6-9,11-12,14,18H,4-5,10,13H2,1-3H3/t18-/m1/s1. The van der Waals surface area contributed by atoms with E-state index in [0.717, 1.165) is 24.1 Å². The fourth-order valence-corrected chi connectivity index (χ4v) is 4.71. The maximum Gasteiger partial charge on any atom is 0.260 e. The monoisotopic (exact) mass is 488 g/mol. The number of nitrogens with zero attached hydrogens (tertiary/aromatic N) is 2. The van der Waals surface area contributed by atoms with Crippen LogP contribution in [0.4, 0.5) is 5.13 Å². The molecule has 0 N–H and O–H groups in total. The summed E-state index contributed by atoms with van der Waals surface area (Å²) in [6, 6.07) is 10.8. The lowest BCUT2D eigenvalue weighted by atomic mass is 10.1. The molecule has 0 radical (unpaired) electrons. The molecule has 0 bridgehead atoms. The fraction of sp³-hybridized carbons (Fsp3) is 0.333. The van der Waals surface area contributed by atoms with Crippen LogP contribution in [-0.4, -0.2) is 51.5 Å². The van der Waals surface area contributed by atoms with Crippen LogP contribution in [0.1, 0.15) is 23.2 Å². The molecule has 1 aromatic heterocycles. The van der Waals surface area contributed by atoms with E-state index in [1.54, 1.807) is 17.0 Å². The van der Waals surface area contributed by atoms with Gasteiger partial charge in [-0.2, -0.15) is 0 Å². The number of amides is 1. The average molecular weight is 489 g/mol. The summed E-state index contributed by atoms with van der Waals surface area (Å²) in [5, 5.41) is 3.18. The Labute approximate surface area is 201 Å². The highest BCUT2D eigenvalue weighted by molar-refractivity contribution is 7.14. The predicted molar refractivity (Wildman–Crippen MR) is 129 cm³/mol. The Kier molecular flexibility index (Phi) is 7.37. The summed E-state index contributed by atoms with van der Waals surface area (Å²) in [6.07, 6.45) is 1.83. The van der Waals surface area contributed by atoms with Crippen molar-refractivity contribution in [3.63, 3.8) is 0 Å². The van der Waals surface area contributed by atoms with Crippen molar-refractivity contribution in [3.8, 4) is 28.5 Å². The fourth-order valence-electron chi connectivity index (χ4n) is 3.74. The Hall–Kier alpha value is -2.81. The zero-order valence-electron chi connectivity index (χ0n) is 18.7. The normalized spacial score (nSPS) is 15.3. The van der Waals surface area contributed by atoms with Gasteiger partial charge >= 0.3 is 0 Å². The van der Waals surface area contributed by atoms with Gasteiger partial charge in [-0.1, -0.05) is 23.7 Å². The molecule has 0 unspecified atom stereocenters. The zero-order chi connectivity index (χ0) is 23.4. The van der Waals surface area contributed by atoms with Crippen LogP contribution in [0.25, 0.3) is 11.3 Å². The molecule has 0 spiro atoms. The smallest absolute Gasteiger partial charge is 0.260 e. The summed E-state index contributed by atoms with van der Waals surface area (Å²) in [4.78, 5) is 20.2. The van der Waals surface area contributed by atoms with E-state index in [2.05, 4.69) is 0 Å². The Bertz CT molecular complexity index is 1090. The molecule has 0 aliphatic carbocycles. The zero-order valence-corrected chi connectivity index (χ0v) is 20.2. The van der Waals surface area contributed by atoms with Crippen LogP contribution in [0.3, 0.4) is 0 Å². The minimum absolute atomic E-state index is 0.0427. The molecule has 2 aromatic carbocycles. The second-order valence-corrected chi connectivity index (χ2v) is 8.76. The third-order valence-corrected chi connectivity index (χ3v) is 6.55. The first-order valence-corrected chi connectivity index (χ1v) is 11.7. The largest absolute Gasteiger partial charge is 0.493 e. The van der Waals surface area contributed by atoms with E-state index >= 15 is 0 Å². The van der Waals surface area contributed by atoms with E-state index in [1.165, 1.54) is 32.7 Å². The van der Waals surface area contributed by atoms with Gasteiger partial charge in [0.15, 0.2) is 16.6 Å². The SMILES string of the molecule is COc1cc(C(=O)N(C[C@H]2CCCO2)c2nc(-c3ccc(Cl)cc3)cs2)cc(OC)c1OC. The summed E-state index contributed by atoms with van der Waals surface area (Å²) in [5.74, 6) is 1.04. The van der Waals surface area contributed by atoms with E-state index in [1.807, 2.05) is 29.6 Å². The van der Waals surface area contributed by atoms with Crippen molar-refractivity contribution < 1.29 is 23.7 Å². The molecule has 1 aliphatic heterocycles. The molecule has 1 saturated heterocycles. The van der Waals surface area contributed by atoms with Crippen molar-refractivity contribution in [1.29, 1.82) is 0 Å². The Morgan fingerprint density at radius 2 is 1.85 bits per heavy atom. The third kappa shape index (κ3) is 5.08. The molecule has 1 amide bonds. The number of benzene rings is 2. The second kappa shape index (κ2) is 10.4. The van der Waals surface area contributed by atoms with Crippen LogP contribution in [-0.2, 0) is 4.74 Å². The molecule has 1 atom stereocenters. The van der Waals surface area contributed by atoms with Gasteiger partial charge in [0.05, 0.1) is 39.7 Å². The predicted octanol–water partition coefficient (Wildman–Crippen LogP) is 5.32. The maximum atomic E-state index is 13.7. The molecular formula is C24H25ClN2O5S. The molecule has 9 heteroatoms. The molecule has 1 fully saturated rings. The first-order valence-electron chi connectivity index (χ1n) is 10.5. The van der Waals surface area contributed by atoms with Crippen molar-refractivity contribution in [1.82, 2.24) is 4.98 Å². The van der Waals surface area contributed by atoms with Crippen LogP contribution < -0.4 is 19.1 Å². The van der Waals surface area contributed by atoms with Gasteiger partial charge in [-0.05, 0) is 37.1 Å². The number of rotatable bonds is 8. The van der Waals surface area contributed by atoms with Gasteiger partial charge < -0.3 is 18.9 Å². The average Bonchev–Trinajstić information content (AvgIpc) is 3.54. The number of anilines is 1. The number of aromatic nitrogens is 1. The van der Waals surface area contributed by atoms with Crippen LogP contribution in [0.2, 0.25) is 5.02 Å². The Morgan fingerprint density at radius 1 is 1.15 bits per heavy atom. The lowest BCUT2D eigenvalue weighted by Crippen LogP contribution is -2.37. The van der Waals surface area contributed by atoms with Gasteiger partial charge in [-0.25, -0.2) is 4.98 Å². The first-order chi connectivity index (χ1) is 16.0. The quantitative estimate of drug-likeness (QED) is 0.427. The van der Waals surface area contributed by atoms with E-state index in [-0.39, 0.29) is 12.0 Å². The molecule has 7 nitrogen and oxygen atoms in total. The minimum atomic E-state index is -0.221. The number of thiazole rings is 1. The summed E-state index contributed by atoms with van der Waals surface area (Å²) in [5.41, 5.74) is 2.12. The van der Waals surface area contributed by atoms with Crippen LogP contribution >= 0.6 is 22.9 Å². The van der Waals surface area contributed by atoms with E-state index in [9.17, 15) is 4.79 Å². The highest BCUT2D eigenvalue weighted by Gasteiger charge is 2.28. The van der Waals surface area contributed by atoms with Crippen molar-refractivity contribution in [2.24, 2.45) is 0 Å². The summed E-state index contributed by atoms with van der Waals surface area (Å²) in [7, 11) is 4.57. The second-order valence-electron chi connectivity index (χ2n) is 7.49. The molecule has 33 heavy (non-hydrogen) atoms. The van der Waals surface area contributed by atoms with E-state index < -0.39 is 0 Å². The highest BCUT2D eigenvalue weighted by atomic mass is 35.5. The Morgan fingerprint density at radius 3 is 2.42 bits per heavy atom. The van der Waals surface area contributed by atoms with E-state index in [4.69, 9.17) is 35.5 Å². The molecule has 174 valence electrons. The Balaban J connectivity index is 1.70. The van der Waals surface area contributed by atoms with Crippen molar-refractivity contribution in [2.45, 2.75) is 18.9 Å². The summed E-state index contributed by atoms with van der Waals surface area (Å²) >= 11 is 7.43. The van der Waals surface area contributed by atoms with E-state index in [0.29, 0.717) is 46.1 Å². The number of methoxy groups -OCH3 is 3. The summed E-state index contributed by atoms with van der Waals surface area (Å²) < 4.78 is 22.1. The van der Waals surface area contributed by atoms with Gasteiger partial charge in [0, 0.05) is 28.1 Å². The number of halogens is 1. The first kappa shape index (κ1) is 23.4. The molecule has 3 aromatic rings.